The van der Waals surface area contributed by atoms with Crippen LogP contribution >= 0.6 is 0 Å². The van der Waals surface area contributed by atoms with Gasteiger partial charge in [0.05, 0.1) is 12.2 Å². The Morgan fingerprint density at radius 1 is 1.23 bits per heavy atom. The second-order valence-corrected chi connectivity index (χ2v) is 6.14. The number of anilines is 2. The van der Waals surface area contributed by atoms with Crippen LogP contribution in [0, 0.1) is 11.6 Å². The summed E-state index contributed by atoms with van der Waals surface area (Å²) in [6.07, 6.45) is -1.20. The first-order valence-corrected chi connectivity index (χ1v) is 8.25. The van der Waals surface area contributed by atoms with Crippen molar-refractivity contribution in [2.75, 3.05) is 55.7 Å². The quantitative estimate of drug-likeness (QED) is 0.767. The highest BCUT2D eigenvalue weighted by Crippen LogP contribution is 2.31. The van der Waals surface area contributed by atoms with Gasteiger partial charge in [0, 0.05) is 44.9 Å². The molecule has 2 fully saturated rings. The van der Waals surface area contributed by atoms with E-state index in [0.717, 1.165) is 17.0 Å². The summed E-state index contributed by atoms with van der Waals surface area (Å²) < 4.78 is 34.1. The van der Waals surface area contributed by atoms with E-state index in [1.807, 2.05) is 0 Å². The van der Waals surface area contributed by atoms with Gasteiger partial charge in [-0.2, -0.15) is 0 Å². The fraction of sp³-hybridized carbons (Fsp3) is 0.500. The Morgan fingerprint density at radius 3 is 2.35 bits per heavy atom. The molecule has 1 aromatic rings. The maximum absolute atomic E-state index is 14.6. The number of carbonyl (C=O) groups excluding carboxylic acids is 2. The number of cyclic esters (lactones) is 1. The van der Waals surface area contributed by atoms with E-state index >= 15 is 0 Å². The van der Waals surface area contributed by atoms with Crippen LogP contribution in [0.5, 0.6) is 0 Å². The van der Waals surface area contributed by atoms with Crippen LogP contribution in [0.25, 0.3) is 0 Å². The van der Waals surface area contributed by atoms with Crippen molar-refractivity contribution in [3.63, 3.8) is 0 Å². The number of piperazine rings is 1. The van der Waals surface area contributed by atoms with Gasteiger partial charge in [0.25, 0.3) is 0 Å². The van der Waals surface area contributed by atoms with Crippen molar-refractivity contribution in [3.8, 4) is 0 Å². The van der Waals surface area contributed by atoms with Crippen LogP contribution in [0.2, 0.25) is 0 Å². The van der Waals surface area contributed by atoms with Gasteiger partial charge in [-0.3, -0.25) is 9.69 Å². The predicted octanol–water partition coefficient (Wildman–Crippen LogP) is -0.110. The van der Waals surface area contributed by atoms with Gasteiger partial charge in [-0.05, 0) is 0 Å². The van der Waals surface area contributed by atoms with Crippen molar-refractivity contribution < 1.29 is 28.2 Å². The smallest absolute Gasteiger partial charge is 0.414 e. The van der Waals surface area contributed by atoms with E-state index in [-0.39, 0.29) is 50.6 Å². The number of benzene rings is 1. The van der Waals surface area contributed by atoms with Crippen LogP contribution in [-0.2, 0) is 9.53 Å². The van der Waals surface area contributed by atoms with Crippen LogP contribution in [0.4, 0.5) is 25.0 Å². The minimum absolute atomic E-state index is 0.0683. The number of hydrogen-bond donors (Lipinski definition) is 2. The zero-order valence-electron chi connectivity index (χ0n) is 14.0. The lowest BCUT2D eigenvalue weighted by Crippen LogP contribution is -2.50. The molecule has 0 saturated carbocycles. The van der Waals surface area contributed by atoms with Gasteiger partial charge in [-0.15, -0.1) is 0 Å². The molecule has 2 heterocycles. The van der Waals surface area contributed by atoms with Crippen LogP contribution in [0.15, 0.2) is 12.1 Å². The first-order chi connectivity index (χ1) is 12.4. The number of rotatable bonds is 4. The SMILES string of the molecule is NCC1CN(c2cc(F)c(N3CCN(C(=O)CO)CC3)c(F)c2)C(=O)O1. The molecule has 26 heavy (non-hydrogen) atoms. The molecule has 0 spiro atoms. The average molecular weight is 370 g/mol. The molecule has 2 aliphatic rings. The third kappa shape index (κ3) is 3.42. The van der Waals surface area contributed by atoms with Crippen molar-refractivity contribution in [3.05, 3.63) is 23.8 Å². The van der Waals surface area contributed by atoms with Crippen molar-refractivity contribution >= 4 is 23.4 Å². The Balaban J connectivity index is 1.77. The minimum atomic E-state index is -0.800. The zero-order chi connectivity index (χ0) is 18.8. The Morgan fingerprint density at radius 2 is 1.85 bits per heavy atom. The molecule has 3 rings (SSSR count). The van der Waals surface area contributed by atoms with Gasteiger partial charge in [-0.1, -0.05) is 0 Å². The van der Waals surface area contributed by atoms with Crippen LogP contribution in [0.3, 0.4) is 0 Å². The van der Waals surface area contributed by atoms with Gasteiger partial charge in [0.15, 0.2) is 11.6 Å². The molecule has 0 radical (unpaired) electrons. The first-order valence-electron chi connectivity index (χ1n) is 8.25. The summed E-state index contributed by atoms with van der Waals surface area (Å²) in [5.74, 6) is -2.01. The maximum atomic E-state index is 14.6. The zero-order valence-corrected chi connectivity index (χ0v) is 14.0. The fourth-order valence-corrected chi connectivity index (χ4v) is 3.14. The lowest BCUT2D eigenvalue weighted by Gasteiger charge is -2.36. The molecule has 10 heteroatoms. The highest BCUT2D eigenvalue weighted by Gasteiger charge is 2.33. The Hall–Kier alpha value is -2.46. The summed E-state index contributed by atoms with van der Waals surface area (Å²) in [5.41, 5.74) is 5.33. The largest absolute Gasteiger partial charge is 0.443 e. The van der Waals surface area contributed by atoms with Crippen molar-refractivity contribution in [1.82, 2.24) is 4.90 Å². The maximum Gasteiger partial charge on any atom is 0.414 e. The molecule has 1 aromatic carbocycles. The highest BCUT2D eigenvalue weighted by molar-refractivity contribution is 5.90. The Bertz CT molecular complexity index is 686. The van der Waals surface area contributed by atoms with Crippen LogP contribution in [-0.4, -0.2) is 74.0 Å². The number of ether oxygens (including phenoxy) is 1. The minimum Gasteiger partial charge on any atom is -0.443 e. The summed E-state index contributed by atoms with van der Waals surface area (Å²) in [6.45, 7) is 0.665. The molecule has 0 bridgehead atoms. The third-order valence-electron chi connectivity index (χ3n) is 4.53. The van der Waals surface area contributed by atoms with E-state index in [0.29, 0.717) is 0 Å². The van der Waals surface area contributed by atoms with E-state index < -0.39 is 36.3 Å². The number of carbonyl (C=O) groups is 2. The van der Waals surface area contributed by atoms with Gasteiger partial charge in [-0.25, -0.2) is 13.6 Å². The summed E-state index contributed by atoms with van der Waals surface area (Å²) in [6, 6.07) is 2.17. The molecule has 2 amide bonds. The highest BCUT2D eigenvalue weighted by atomic mass is 19.1. The molecule has 1 unspecified atom stereocenters. The van der Waals surface area contributed by atoms with Crippen LogP contribution < -0.4 is 15.5 Å². The lowest BCUT2D eigenvalue weighted by atomic mass is 10.2. The van der Waals surface area contributed by atoms with E-state index in [1.54, 1.807) is 0 Å². The molecular formula is C16H20F2N4O4. The number of nitrogens with zero attached hydrogens (tertiary/aromatic N) is 3. The van der Waals surface area contributed by atoms with Crippen molar-refractivity contribution in [2.24, 2.45) is 5.73 Å². The van der Waals surface area contributed by atoms with Crippen molar-refractivity contribution in [2.45, 2.75) is 6.10 Å². The summed E-state index contributed by atoms with van der Waals surface area (Å²) in [7, 11) is 0. The van der Waals surface area contributed by atoms with E-state index in [9.17, 15) is 18.4 Å². The normalized spacial score (nSPS) is 20.5. The van der Waals surface area contributed by atoms with Gasteiger partial charge >= 0.3 is 6.09 Å². The first kappa shape index (κ1) is 18.3. The topological polar surface area (TPSA) is 99.3 Å². The van der Waals surface area contributed by atoms with E-state index in [1.165, 1.54) is 9.80 Å². The lowest BCUT2D eigenvalue weighted by molar-refractivity contribution is -0.134. The molecule has 2 saturated heterocycles. The Labute approximate surface area is 148 Å². The van der Waals surface area contributed by atoms with E-state index in [4.69, 9.17) is 15.6 Å². The summed E-state index contributed by atoms with van der Waals surface area (Å²) in [4.78, 5) is 27.4. The number of aliphatic hydroxyl groups excluding tert-OH is 1. The predicted molar refractivity (Wildman–Crippen MR) is 88.9 cm³/mol. The molecule has 3 N–H and O–H groups in total. The van der Waals surface area contributed by atoms with Gasteiger partial charge in [0.1, 0.15) is 18.4 Å². The van der Waals surface area contributed by atoms with E-state index in [2.05, 4.69) is 0 Å². The number of halogens is 2. The molecule has 2 aliphatic heterocycles. The number of nitrogens with two attached hydrogens (primary N) is 1. The second kappa shape index (κ2) is 7.42. The average Bonchev–Trinajstić information content (AvgIpc) is 3.02. The summed E-state index contributed by atoms with van der Waals surface area (Å²) in [5, 5.41) is 8.88. The molecule has 0 aromatic heterocycles. The molecular weight excluding hydrogens is 350 g/mol. The fourth-order valence-electron chi connectivity index (χ4n) is 3.14. The molecule has 1 atom stereocenters. The molecule has 142 valence electrons. The summed E-state index contributed by atoms with van der Waals surface area (Å²) >= 11 is 0. The number of amides is 2. The monoisotopic (exact) mass is 370 g/mol. The molecule has 0 aliphatic carbocycles. The molecule has 8 nitrogen and oxygen atoms in total. The van der Waals surface area contributed by atoms with Gasteiger partial charge < -0.3 is 25.4 Å². The van der Waals surface area contributed by atoms with Crippen molar-refractivity contribution in [1.29, 1.82) is 0 Å². The number of aliphatic hydroxyl groups is 1. The Kier molecular flexibility index (Phi) is 5.23. The standard InChI is InChI=1S/C16H20F2N4O4/c17-12-5-10(22-8-11(7-19)26-16(22)25)6-13(18)15(12)21-3-1-20(2-4-21)14(24)9-23/h5-6,11,23H,1-4,7-9,19H2. The second-order valence-electron chi connectivity index (χ2n) is 6.14. The van der Waals surface area contributed by atoms with Crippen LogP contribution in [0.1, 0.15) is 0 Å². The van der Waals surface area contributed by atoms with Gasteiger partial charge in [0.2, 0.25) is 5.91 Å². The number of hydrogen-bond acceptors (Lipinski definition) is 6. The third-order valence-corrected chi connectivity index (χ3v) is 4.53.